The highest BCUT2D eigenvalue weighted by Gasteiger charge is 2.29. The predicted octanol–water partition coefficient (Wildman–Crippen LogP) is 3.21. The van der Waals surface area contributed by atoms with Crippen molar-refractivity contribution in [2.24, 2.45) is 5.14 Å². The molecule has 1 aromatic heterocycles. The second-order valence-electron chi connectivity index (χ2n) is 6.79. The first kappa shape index (κ1) is 16.7. The quantitative estimate of drug-likeness (QED) is 0.765. The van der Waals surface area contributed by atoms with Gasteiger partial charge in [0.05, 0.1) is 6.20 Å². The van der Waals surface area contributed by atoms with Crippen LogP contribution < -0.4 is 10.5 Å². The van der Waals surface area contributed by atoms with Gasteiger partial charge >= 0.3 is 0 Å². The van der Waals surface area contributed by atoms with Gasteiger partial charge in [-0.1, -0.05) is 24.3 Å². The number of nitrogens with one attached hydrogen (secondary N) is 2. The molecule has 4 N–H and O–H groups in total. The van der Waals surface area contributed by atoms with Crippen molar-refractivity contribution >= 4 is 32.8 Å². The summed E-state index contributed by atoms with van der Waals surface area (Å²) in [6.45, 7) is 2.20. The highest BCUT2D eigenvalue weighted by atomic mass is 32.2. The molecule has 1 heterocycles. The van der Waals surface area contributed by atoms with Gasteiger partial charge in [-0.15, -0.1) is 0 Å². The predicted molar refractivity (Wildman–Crippen MR) is 98.6 cm³/mol. The number of nitrogens with two attached hydrogens (primary N) is 1. The van der Waals surface area contributed by atoms with Gasteiger partial charge in [-0.2, -0.15) is 0 Å². The first-order valence-electron chi connectivity index (χ1n) is 8.36. The third-order valence-electron chi connectivity index (χ3n) is 5.08. The summed E-state index contributed by atoms with van der Waals surface area (Å²) in [6.07, 6.45) is 6.59. The van der Waals surface area contributed by atoms with E-state index in [1.807, 2.05) is 0 Å². The van der Waals surface area contributed by atoms with Crippen LogP contribution in [0.4, 0.5) is 5.69 Å². The van der Waals surface area contributed by atoms with Gasteiger partial charge in [0.25, 0.3) is 5.91 Å². The molecule has 2 aromatic rings. The van der Waals surface area contributed by atoms with E-state index in [1.165, 1.54) is 28.5 Å². The van der Waals surface area contributed by atoms with Crippen LogP contribution in [0.1, 0.15) is 57.7 Å². The minimum atomic E-state index is -3.34. The standard InChI is InChI=1S/C17H20N4O2S2/c1-9-5-6-11-7-10-3-2-4-12(10)15(14(9)11)21-16(22)17-20-8-13(24-17)25(18,19)23/h7-9H,2-6H2,1H3,(H,21,22)(H3,18,19,23). The van der Waals surface area contributed by atoms with Gasteiger partial charge in [-0.3, -0.25) is 4.79 Å². The molecule has 1 aromatic carbocycles. The summed E-state index contributed by atoms with van der Waals surface area (Å²) in [5, 5.41) is 8.58. The molecular formula is C17H20N4O2S2. The van der Waals surface area contributed by atoms with E-state index in [4.69, 9.17) is 9.92 Å². The zero-order valence-electron chi connectivity index (χ0n) is 13.9. The Morgan fingerprint density at radius 2 is 2.20 bits per heavy atom. The van der Waals surface area contributed by atoms with E-state index in [2.05, 4.69) is 23.3 Å². The van der Waals surface area contributed by atoms with E-state index in [0.29, 0.717) is 5.92 Å². The van der Waals surface area contributed by atoms with E-state index < -0.39 is 9.92 Å². The molecule has 2 aliphatic rings. The molecule has 2 aliphatic carbocycles. The number of aromatic nitrogens is 1. The molecule has 2 atom stereocenters. The number of anilines is 1. The number of thiazole rings is 1. The summed E-state index contributed by atoms with van der Waals surface area (Å²) in [7, 11) is -3.34. The molecule has 0 saturated heterocycles. The summed E-state index contributed by atoms with van der Waals surface area (Å²) in [5.41, 5.74) is 6.16. The molecule has 2 unspecified atom stereocenters. The maximum atomic E-state index is 12.7. The molecule has 8 heteroatoms. The Morgan fingerprint density at radius 3 is 2.92 bits per heavy atom. The summed E-state index contributed by atoms with van der Waals surface area (Å²) >= 11 is 0.923. The van der Waals surface area contributed by atoms with Crippen LogP contribution in [0.2, 0.25) is 0 Å². The van der Waals surface area contributed by atoms with Gasteiger partial charge in [0.2, 0.25) is 0 Å². The second-order valence-corrected chi connectivity index (χ2v) is 9.72. The highest BCUT2D eigenvalue weighted by Crippen LogP contribution is 2.44. The molecule has 4 rings (SSSR count). The molecule has 6 nitrogen and oxygen atoms in total. The van der Waals surface area contributed by atoms with Crippen molar-refractivity contribution in [3.63, 3.8) is 0 Å². The minimum Gasteiger partial charge on any atom is -0.319 e. The lowest BCUT2D eigenvalue weighted by Gasteiger charge is -2.18. The number of rotatable bonds is 3. The van der Waals surface area contributed by atoms with Gasteiger partial charge in [0, 0.05) is 5.69 Å². The smallest absolute Gasteiger partial charge is 0.284 e. The molecular weight excluding hydrogens is 356 g/mol. The van der Waals surface area contributed by atoms with Crippen LogP contribution >= 0.6 is 11.3 Å². The van der Waals surface area contributed by atoms with Gasteiger partial charge in [-0.25, -0.2) is 19.1 Å². The molecule has 0 fully saturated rings. The monoisotopic (exact) mass is 376 g/mol. The number of hydrogen-bond donors (Lipinski definition) is 3. The maximum absolute atomic E-state index is 12.7. The van der Waals surface area contributed by atoms with Crippen LogP contribution in [0.3, 0.4) is 0 Å². The van der Waals surface area contributed by atoms with Gasteiger partial charge in [-0.05, 0) is 60.3 Å². The molecule has 0 spiro atoms. The van der Waals surface area contributed by atoms with E-state index in [0.717, 1.165) is 49.1 Å². The van der Waals surface area contributed by atoms with Crippen LogP contribution in [0.25, 0.3) is 0 Å². The van der Waals surface area contributed by atoms with Crippen molar-refractivity contribution in [1.82, 2.24) is 4.98 Å². The molecule has 132 valence electrons. The van der Waals surface area contributed by atoms with Crippen molar-refractivity contribution in [3.8, 4) is 0 Å². The van der Waals surface area contributed by atoms with Crippen LogP contribution in [-0.4, -0.2) is 15.1 Å². The van der Waals surface area contributed by atoms with Crippen LogP contribution in [-0.2, 0) is 29.2 Å². The molecule has 0 saturated carbocycles. The lowest BCUT2D eigenvalue weighted by molar-refractivity contribution is 0.102. The third kappa shape index (κ3) is 2.88. The molecule has 0 bridgehead atoms. The van der Waals surface area contributed by atoms with Crippen molar-refractivity contribution in [2.75, 3.05) is 5.32 Å². The Hall–Kier alpha value is -1.77. The summed E-state index contributed by atoms with van der Waals surface area (Å²) in [5.74, 6) is 0.112. The maximum Gasteiger partial charge on any atom is 0.284 e. The lowest BCUT2D eigenvalue weighted by Crippen LogP contribution is -2.15. The minimum absolute atomic E-state index is 0.120. The first-order chi connectivity index (χ1) is 11.8. The zero-order chi connectivity index (χ0) is 17.8. The number of nitrogens with zero attached hydrogens (tertiary/aromatic N) is 1. The van der Waals surface area contributed by atoms with Crippen molar-refractivity contribution in [2.45, 2.75) is 49.2 Å². The Balaban J connectivity index is 1.72. The average Bonchev–Trinajstić information content (AvgIpc) is 3.25. The fourth-order valence-corrected chi connectivity index (χ4v) is 5.41. The molecule has 25 heavy (non-hydrogen) atoms. The summed E-state index contributed by atoms with van der Waals surface area (Å²) in [6, 6.07) is 2.32. The molecule has 0 aliphatic heterocycles. The van der Waals surface area contributed by atoms with E-state index in [9.17, 15) is 9.00 Å². The lowest BCUT2D eigenvalue weighted by atomic mass is 9.94. The number of carbonyl (C=O) groups excluding carboxylic acids is 1. The molecule has 1 amide bonds. The Labute approximate surface area is 151 Å². The number of carbonyl (C=O) groups is 1. The van der Waals surface area contributed by atoms with Crippen molar-refractivity contribution in [1.29, 1.82) is 4.78 Å². The van der Waals surface area contributed by atoms with E-state index in [-0.39, 0.29) is 15.1 Å². The van der Waals surface area contributed by atoms with E-state index >= 15 is 0 Å². The number of aryl methyl sites for hydroxylation is 2. The topological polar surface area (TPSA) is 109 Å². The fraction of sp³-hybridized carbons (Fsp3) is 0.412. The second kappa shape index (κ2) is 5.89. The Morgan fingerprint density at radius 1 is 1.40 bits per heavy atom. The summed E-state index contributed by atoms with van der Waals surface area (Å²) in [4.78, 5) is 16.7. The van der Waals surface area contributed by atoms with Gasteiger partial charge in [0.15, 0.2) is 5.01 Å². The van der Waals surface area contributed by atoms with Crippen molar-refractivity contribution < 1.29 is 9.00 Å². The van der Waals surface area contributed by atoms with Crippen molar-refractivity contribution in [3.05, 3.63) is 39.5 Å². The molecule has 0 radical (unpaired) electrons. The first-order valence-corrected chi connectivity index (χ1v) is 10.8. The zero-order valence-corrected chi connectivity index (χ0v) is 15.6. The average molecular weight is 377 g/mol. The normalized spacial score (nSPS) is 20.8. The Kier molecular flexibility index (Phi) is 3.93. The third-order valence-corrected chi connectivity index (χ3v) is 7.57. The van der Waals surface area contributed by atoms with Crippen LogP contribution in [0, 0.1) is 4.78 Å². The number of hydrogen-bond acceptors (Lipinski definition) is 5. The SMILES string of the molecule is CC1CCc2cc3c(c(NC(=O)c4ncc(S(=N)(N)=O)s4)c21)CCC3. The van der Waals surface area contributed by atoms with E-state index in [1.54, 1.807) is 0 Å². The number of benzene rings is 1. The largest absolute Gasteiger partial charge is 0.319 e. The number of fused-ring (bicyclic) bond motifs is 2. The summed E-state index contributed by atoms with van der Waals surface area (Å²) < 4.78 is 19.2. The highest BCUT2D eigenvalue weighted by molar-refractivity contribution is 7.92. The van der Waals surface area contributed by atoms with Crippen LogP contribution in [0.15, 0.2) is 16.5 Å². The Bertz CT molecular complexity index is 979. The van der Waals surface area contributed by atoms with Gasteiger partial charge < -0.3 is 5.32 Å². The number of amides is 1. The van der Waals surface area contributed by atoms with Gasteiger partial charge in [0.1, 0.15) is 14.1 Å². The van der Waals surface area contributed by atoms with Crippen LogP contribution in [0.5, 0.6) is 0 Å². The fourth-order valence-electron chi connectivity index (χ4n) is 3.92.